The first-order valence-electron chi connectivity index (χ1n) is 7.63. The van der Waals surface area contributed by atoms with Crippen molar-refractivity contribution in [1.29, 1.82) is 0 Å². The zero-order valence-electron chi connectivity index (χ0n) is 13.7. The van der Waals surface area contributed by atoms with E-state index in [1.807, 2.05) is 45.0 Å². The third-order valence-corrected chi connectivity index (χ3v) is 5.36. The summed E-state index contributed by atoms with van der Waals surface area (Å²) in [5.41, 5.74) is 2.18. The number of benzene rings is 1. The number of fused-ring (bicyclic) bond motifs is 1. The van der Waals surface area contributed by atoms with Gasteiger partial charge in [-0.3, -0.25) is 9.78 Å². The molecule has 1 heterocycles. The van der Waals surface area contributed by atoms with Gasteiger partial charge in [0.25, 0.3) is 0 Å². The van der Waals surface area contributed by atoms with Crippen molar-refractivity contribution in [3.63, 3.8) is 0 Å². The summed E-state index contributed by atoms with van der Waals surface area (Å²) in [6.07, 6.45) is -0.0444. The monoisotopic (exact) mass is 334 g/mol. The van der Waals surface area contributed by atoms with Gasteiger partial charge in [0.05, 0.1) is 22.7 Å². The van der Waals surface area contributed by atoms with Gasteiger partial charge in [-0.25, -0.2) is 8.42 Å². The van der Waals surface area contributed by atoms with Crippen LogP contribution in [0.15, 0.2) is 30.3 Å². The van der Waals surface area contributed by atoms with E-state index in [1.54, 1.807) is 6.07 Å². The number of carbonyl (C=O) groups is 1. The van der Waals surface area contributed by atoms with E-state index in [0.717, 1.165) is 11.1 Å². The van der Waals surface area contributed by atoms with Crippen LogP contribution in [0.3, 0.4) is 0 Å². The van der Waals surface area contributed by atoms with Crippen LogP contribution < -0.4 is 5.32 Å². The average Bonchev–Trinajstić information content (AvgIpc) is 2.45. The molecular weight excluding hydrogens is 312 g/mol. The number of para-hydroxylation sites is 1. The van der Waals surface area contributed by atoms with Crippen molar-refractivity contribution in [3.8, 4) is 0 Å². The molecular formula is C17H22N2O3S. The second kappa shape index (κ2) is 7.08. The predicted octanol–water partition coefficient (Wildman–Crippen LogP) is 2.94. The fourth-order valence-corrected chi connectivity index (χ4v) is 4.08. The molecule has 0 saturated carbocycles. The molecule has 0 saturated heterocycles. The lowest BCUT2D eigenvalue weighted by molar-refractivity contribution is -0.115. The number of anilines is 1. The van der Waals surface area contributed by atoms with Gasteiger partial charge in [-0.1, -0.05) is 32.0 Å². The molecule has 124 valence electrons. The van der Waals surface area contributed by atoms with Crippen LogP contribution >= 0.6 is 0 Å². The maximum absolute atomic E-state index is 12.1. The van der Waals surface area contributed by atoms with Gasteiger partial charge in [0.15, 0.2) is 9.84 Å². The van der Waals surface area contributed by atoms with Gasteiger partial charge in [-0.05, 0) is 25.0 Å². The highest BCUT2D eigenvalue weighted by Gasteiger charge is 2.16. The molecule has 2 aromatic rings. The Balaban J connectivity index is 2.08. The number of pyridine rings is 1. The van der Waals surface area contributed by atoms with E-state index in [4.69, 9.17) is 0 Å². The molecule has 0 aliphatic carbocycles. The predicted molar refractivity (Wildman–Crippen MR) is 93.2 cm³/mol. The van der Waals surface area contributed by atoms with Crippen LogP contribution in [-0.4, -0.2) is 30.8 Å². The van der Waals surface area contributed by atoms with E-state index in [9.17, 15) is 13.2 Å². The molecule has 1 N–H and O–H groups in total. The molecule has 0 bridgehead atoms. The molecule has 6 heteroatoms. The Morgan fingerprint density at radius 2 is 1.96 bits per heavy atom. The molecule has 0 atom stereocenters. The van der Waals surface area contributed by atoms with E-state index in [0.29, 0.717) is 11.2 Å². The molecule has 1 amide bonds. The highest BCUT2D eigenvalue weighted by atomic mass is 32.2. The summed E-state index contributed by atoms with van der Waals surface area (Å²) in [6.45, 7) is 5.58. The van der Waals surface area contributed by atoms with Crippen LogP contribution in [0.1, 0.15) is 26.0 Å². The van der Waals surface area contributed by atoms with Crippen LogP contribution in [0.25, 0.3) is 10.9 Å². The SMILES string of the molecule is Cc1ccc2cccc(NC(=O)CCS(=O)(=O)CC(C)C)c2n1. The van der Waals surface area contributed by atoms with Crippen LogP contribution in [0.4, 0.5) is 5.69 Å². The third kappa shape index (κ3) is 5.03. The van der Waals surface area contributed by atoms with Crippen LogP contribution in [0.2, 0.25) is 0 Å². The second-order valence-electron chi connectivity index (χ2n) is 6.14. The van der Waals surface area contributed by atoms with Gasteiger partial charge in [-0.15, -0.1) is 0 Å². The number of sulfone groups is 1. The molecule has 1 aromatic heterocycles. The molecule has 0 aliphatic heterocycles. The van der Waals surface area contributed by atoms with E-state index in [1.165, 1.54) is 0 Å². The fourth-order valence-electron chi connectivity index (χ4n) is 2.40. The summed E-state index contributed by atoms with van der Waals surface area (Å²) in [5.74, 6) is -0.273. The number of carbonyl (C=O) groups excluding carboxylic acids is 1. The minimum Gasteiger partial charge on any atom is -0.324 e. The first-order chi connectivity index (χ1) is 10.8. The molecule has 2 rings (SSSR count). The summed E-state index contributed by atoms with van der Waals surface area (Å²) in [7, 11) is -3.19. The molecule has 1 aromatic carbocycles. The van der Waals surface area contributed by atoms with Gasteiger partial charge < -0.3 is 5.32 Å². The maximum Gasteiger partial charge on any atom is 0.225 e. The van der Waals surface area contributed by atoms with E-state index >= 15 is 0 Å². The Labute approximate surface area is 137 Å². The van der Waals surface area contributed by atoms with Crippen molar-refractivity contribution in [2.24, 2.45) is 5.92 Å². The highest BCUT2D eigenvalue weighted by Crippen LogP contribution is 2.21. The molecule has 23 heavy (non-hydrogen) atoms. The smallest absolute Gasteiger partial charge is 0.225 e. The normalized spacial score (nSPS) is 11.8. The number of hydrogen-bond acceptors (Lipinski definition) is 4. The number of aryl methyl sites for hydroxylation is 1. The van der Waals surface area contributed by atoms with Gasteiger partial charge in [0.1, 0.15) is 0 Å². The van der Waals surface area contributed by atoms with Crippen molar-refractivity contribution < 1.29 is 13.2 Å². The Morgan fingerprint density at radius 3 is 2.65 bits per heavy atom. The first-order valence-corrected chi connectivity index (χ1v) is 9.45. The molecule has 0 spiro atoms. The van der Waals surface area contributed by atoms with Crippen molar-refractivity contribution >= 4 is 32.3 Å². The lowest BCUT2D eigenvalue weighted by Crippen LogP contribution is -2.21. The van der Waals surface area contributed by atoms with Gasteiger partial charge >= 0.3 is 0 Å². The Kier molecular flexibility index (Phi) is 5.36. The Bertz CT molecular complexity index is 814. The van der Waals surface area contributed by atoms with Crippen LogP contribution in [0, 0.1) is 12.8 Å². The maximum atomic E-state index is 12.1. The van der Waals surface area contributed by atoms with E-state index in [-0.39, 0.29) is 29.8 Å². The lowest BCUT2D eigenvalue weighted by atomic mass is 10.1. The average molecular weight is 334 g/mol. The first kappa shape index (κ1) is 17.4. The van der Waals surface area contributed by atoms with Gasteiger partial charge in [-0.2, -0.15) is 0 Å². The number of hydrogen-bond donors (Lipinski definition) is 1. The van der Waals surface area contributed by atoms with Gasteiger partial charge in [0, 0.05) is 17.5 Å². The molecule has 0 radical (unpaired) electrons. The minimum atomic E-state index is -3.19. The van der Waals surface area contributed by atoms with Crippen LogP contribution in [-0.2, 0) is 14.6 Å². The zero-order chi connectivity index (χ0) is 17.0. The minimum absolute atomic E-state index is 0.0444. The lowest BCUT2D eigenvalue weighted by Gasteiger charge is -2.10. The third-order valence-electron chi connectivity index (χ3n) is 3.36. The standard InChI is InChI=1S/C17H22N2O3S/c1-12(2)11-23(21,22)10-9-16(20)19-15-6-4-5-14-8-7-13(3)18-17(14)15/h4-8,12H,9-11H2,1-3H3,(H,19,20). The fraction of sp³-hybridized carbons (Fsp3) is 0.412. The van der Waals surface area contributed by atoms with E-state index < -0.39 is 9.84 Å². The largest absolute Gasteiger partial charge is 0.324 e. The van der Waals surface area contributed by atoms with Crippen molar-refractivity contribution in [3.05, 3.63) is 36.0 Å². The molecule has 0 fully saturated rings. The number of aromatic nitrogens is 1. The summed E-state index contributed by atoms with van der Waals surface area (Å²) in [6, 6.07) is 9.39. The Hall–Kier alpha value is -1.95. The molecule has 0 unspecified atom stereocenters. The number of rotatable bonds is 6. The Morgan fingerprint density at radius 1 is 1.22 bits per heavy atom. The summed E-state index contributed by atoms with van der Waals surface area (Å²) >= 11 is 0. The summed E-state index contributed by atoms with van der Waals surface area (Å²) in [4.78, 5) is 16.5. The number of amides is 1. The number of nitrogens with zero attached hydrogens (tertiary/aromatic N) is 1. The van der Waals surface area contributed by atoms with Crippen molar-refractivity contribution in [2.75, 3.05) is 16.8 Å². The van der Waals surface area contributed by atoms with Crippen LogP contribution in [0.5, 0.6) is 0 Å². The highest BCUT2D eigenvalue weighted by molar-refractivity contribution is 7.91. The second-order valence-corrected chi connectivity index (χ2v) is 8.37. The summed E-state index contributed by atoms with van der Waals surface area (Å²) < 4.78 is 23.7. The molecule has 5 nitrogen and oxygen atoms in total. The molecule has 0 aliphatic rings. The quantitative estimate of drug-likeness (QED) is 0.881. The number of nitrogens with one attached hydrogen (secondary N) is 1. The van der Waals surface area contributed by atoms with Crippen molar-refractivity contribution in [1.82, 2.24) is 4.98 Å². The van der Waals surface area contributed by atoms with Crippen molar-refractivity contribution in [2.45, 2.75) is 27.2 Å². The van der Waals surface area contributed by atoms with Gasteiger partial charge in [0.2, 0.25) is 5.91 Å². The summed E-state index contributed by atoms with van der Waals surface area (Å²) in [5, 5.41) is 3.70. The topological polar surface area (TPSA) is 76.1 Å². The zero-order valence-corrected chi connectivity index (χ0v) is 14.5. The van der Waals surface area contributed by atoms with E-state index in [2.05, 4.69) is 10.3 Å².